The van der Waals surface area contributed by atoms with E-state index in [0.29, 0.717) is 32.0 Å². The Morgan fingerprint density at radius 3 is 2.78 bits per heavy atom. The van der Waals surface area contributed by atoms with E-state index in [0.717, 1.165) is 13.0 Å². The summed E-state index contributed by atoms with van der Waals surface area (Å²) in [5.41, 5.74) is 5.12. The van der Waals surface area contributed by atoms with E-state index in [2.05, 4.69) is 13.8 Å². The maximum Gasteiger partial charge on any atom is 0.325 e. The second kappa shape index (κ2) is 7.07. The number of rotatable bonds is 7. The first-order chi connectivity index (χ1) is 8.48. The number of nitrogens with two attached hydrogens (primary N) is 1. The molecule has 18 heavy (non-hydrogen) atoms. The summed E-state index contributed by atoms with van der Waals surface area (Å²) in [5.74, 6) is 0.192. The lowest BCUT2D eigenvalue weighted by atomic mass is 10.00. The molecule has 0 saturated heterocycles. The maximum absolute atomic E-state index is 11.5. The van der Waals surface area contributed by atoms with Crippen molar-refractivity contribution in [2.45, 2.75) is 44.8 Å². The Labute approximate surface area is 109 Å². The molecule has 1 rings (SSSR count). The quantitative estimate of drug-likeness (QED) is 0.547. The third-order valence-electron chi connectivity index (χ3n) is 3.13. The van der Waals surface area contributed by atoms with Crippen LogP contribution in [-0.2, 0) is 19.0 Å². The van der Waals surface area contributed by atoms with Crippen LogP contribution in [0.3, 0.4) is 0 Å². The van der Waals surface area contributed by atoms with E-state index in [1.54, 1.807) is 0 Å². The first kappa shape index (κ1) is 15.4. The lowest BCUT2D eigenvalue weighted by Crippen LogP contribution is -2.46. The van der Waals surface area contributed by atoms with Gasteiger partial charge in [-0.2, -0.15) is 0 Å². The Morgan fingerprint density at radius 1 is 1.44 bits per heavy atom. The predicted octanol–water partition coefficient (Wildman–Crippen LogP) is 1.10. The molecule has 0 aromatic carbocycles. The summed E-state index contributed by atoms with van der Waals surface area (Å²) in [6.07, 6.45) is 1.99. The van der Waals surface area contributed by atoms with Gasteiger partial charge in [0.05, 0.1) is 26.4 Å². The molecule has 1 aliphatic carbocycles. The van der Waals surface area contributed by atoms with Gasteiger partial charge in [-0.15, -0.1) is 0 Å². The van der Waals surface area contributed by atoms with Gasteiger partial charge in [-0.05, 0) is 18.8 Å². The van der Waals surface area contributed by atoms with Crippen LogP contribution in [0.2, 0.25) is 0 Å². The molecule has 0 heterocycles. The zero-order valence-electron chi connectivity index (χ0n) is 11.6. The third-order valence-corrected chi connectivity index (χ3v) is 3.13. The molecule has 0 aromatic rings. The van der Waals surface area contributed by atoms with E-state index in [9.17, 15) is 4.79 Å². The van der Waals surface area contributed by atoms with Crippen molar-refractivity contribution in [1.29, 1.82) is 0 Å². The molecule has 2 atom stereocenters. The number of ether oxygens (including phenoxy) is 3. The first-order valence-corrected chi connectivity index (χ1v) is 6.54. The van der Waals surface area contributed by atoms with Gasteiger partial charge in [0.15, 0.2) is 0 Å². The van der Waals surface area contributed by atoms with Crippen molar-refractivity contribution in [1.82, 2.24) is 0 Å². The second-order valence-corrected chi connectivity index (χ2v) is 5.35. The van der Waals surface area contributed by atoms with Gasteiger partial charge < -0.3 is 19.9 Å². The molecule has 5 nitrogen and oxygen atoms in total. The largest absolute Gasteiger partial charge is 0.468 e. The van der Waals surface area contributed by atoms with Gasteiger partial charge in [-0.3, -0.25) is 4.79 Å². The highest BCUT2D eigenvalue weighted by Crippen LogP contribution is 2.30. The molecule has 1 aliphatic rings. The van der Waals surface area contributed by atoms with Crippen LogP contribution in [0.25, 0.3) is 0 Å². The molecule has 0 radical (unpaired) electrons. The molecular weight excluding hydrogens is 234 g/mol. The second-order valence-electron chi connectivity index (χ2n) is 5.35. The topological polar surface area (TPSA) is 70.8 Å². The molecule has 1 fully saturated rings. The van der Waals surface area contributed by atoms with Gasteiger partial charge in [0.25, 0.3) is 0 Å². The minimum Gasteiger partial charge on any atom is -0.468 e. The highest BCUT2D eigenvalue weighted by atomic mass is 16.5. The summed E-state index contributed by atoms with van der Waals surface area (Å²) in [4.78, 5) is 11.5. The Balaban J connectivity index is 2.17. The fourth-order valence-corrected chi connectivity index (χ4v) is 2.15. The molecule has 1 saturated carbocycles. The van der Waals surface area contributed by atoms with E-state index in [1.807, 2.05) is 0 Å². The summed E-state index contributed by atoms with van der Waals surface area (Å²) in [5, 5.41) is 0. The van der Waals surface area contributed by atoms with Crippen molar-refractivity contribution in [3.05, 3.63) is 0 Å². The van der Waals surface area contributed by atoms with E-state index in [1.165, 1.54) is 7.11 Å². The monoisotopic (exact) mass is 259 g/mol. The minimum absolute atomic E-state index is 0.0387. The zero-order chi connectivity index (χ0) is 13.6. The van der Waals surface area contributed by atoms with E-state index < -0.39 is 5.54 Å². The van der Waals surface area contributed by atoms with E-state index >= 15 is 0 Å². The summed E-state index contributed by atoms with van der Waals surface area (Å²) in [7, 11) is 1.37. The molecule has 2 unspecified atom stereocenters. The normalized spacial score (nSPS) is 27.7. The Kier molecular flexibility index (Phi) is 6.05. The summed E-state index contributed by atoms with van der Waals surface area (Å²) >= 11 is 0. The van der Waals surface area contributed by atoms with Crippen molar-refractivity contribution in [2.75, 3.05) is 26.9 Å². The van der Waals surface area contributed by atoms with Crippen molar-refractivity contribution in [3.63, 3.8) is 0 Å². The number of hydrogen-bond acceptors (Lipinski definition) is 5. The van der Waals surface area contributed by atoms with Crippen LogP contribution in [-0.4, -0.2) is 44.5 Å². The Bertz CT molecular complexity index is 270. The highest BCUT2D eigenvalue weighted by molar-refractivity contribution is 5.80. The Morgan fingerprint density at radius 2 is 2.17 bits per heavy atom. The first-order valence-electron chi connectivity index (χ1n) is 6.54. The molecule has 0 aliphatic heterocycles. The fraction of sp³-hybridized carbons (Fsp3) is 0.923. The summed E-state index contributed by atoms with van der Waals surface area (Å²) in [6, 6.07) is 0. The van der Waals surface area contributed by atoms with Gasteiger partial charge in [0.1, 0.15) is 5.54 Å². The van der Waals surface area contributed by atoms with E-state index in [4.69, 9.17) is 19.9 Å². The van der Waals surface area contributed by atoms with Gasteiger partial charge in [-0.25, -0.2) is 0 Å². The van der Waals surface area contributed by atoms with Gasteiger partial charge in [0, 0.05) is 13.0 Å². The van der Waals surface area contributed by atoms with E-state index in [-0.39, 0.29) is 12.1 Å². The standard InChI is InChI=1S/C13H25NO4/c1-10(2)9-17-6-7-18-11-4-5-13(14,8-11)12(15)16-3/h10-11H,4-9,14H2,1-3H3. The molecule has 0 bridgehead atoms. The van der Waals surface area contributed by atoms with Crippen molar-refractivity contribution in [3.8, 4) is 0 Å². The molecule has 0 aromatic heterocycles. The molecular formula is C13H25NO4. The zero-order valence-corrected chi connectivity index (χ0v) is 11.6. The molecule has 2 N–H and O–H groups in total. The lowest BCUT2D eigenvalue weighted by molar-refractivity contribution is -0.147. The average molecular weight is 259 g/mol. The number of carbonyl (C=O) groups is 1. The molecule has 0 spiro atoms. The van der Waals surface area contributed by atoms with Gasteiger partial charge >= 0.3 is 5.97 Å². The predicted molar refractivity (Wildman–Crippen MR) is 68.2 cm³/mol. The smallest absolute Gasteiger partial charge is 0.325 e. The highest BCUT2D eigenvalue weighted by Gasteiger charge is 2.43. The maximum atomic E-state index is 11.5. The Hall–Kier alpha value is -0.650. The van der Waals surface area contributed by atoms with Crippen molar-refractivity contribution in [2.24, 2.45) is 11.7 Å². The van der Waals surface area contributed by atoms with Crippen molar-refractivity contribution < 1.29 is 19.0 Å². The number of esters is 1. The van der Waals surface area contributed by atoms with Gasteiger partial charge in [0.2, 0.25) is 0 Å². The van der Waals surface area contributed by atoms with Crippen LogP contribution in [0.4, 0.5) is 0 Å². The summed E-state index contributed by atoms with van der Waals surface area (Å²) in [6.45, 7) is 6.10. The molecule has 5 heteroatoms. The van der Waals surface area contributed by atoms with Crippen LogP contribution in [0.15, 0.2) is 0 Å². The van der Waals surface area contributed by atoms with Crippen LogP contribution in [0.5, 0.6) is 0 Å². The summed E-state index contributed by atoms with van der Waals surface area (Å²) < 4.78 is 15.8. The number of carbonyl (C=O) groups excluding carboxylic acids is 1. The number of hydrogen-bond donors (Lipinski definition) is 1. The molecule has 0 amide bonds. The van der Waals surface area contributed by atoms with Gasteiger partial charge in [-0.1, -0.05) is 13.8 Å². The molecule has 106 valence electrons. The fourth-order valence-electron chi connectivity index (χ4n) is 2.15. The van der Waals surface area contributed by atoms with Crippen LogP contribution in [0, 0.1) is 5.92 Å². The van der Waals surface area contributed by atoms with Crippen molar-refractivity contribution >= 4 is 5.97 Å². The van der Waals surface area contributed by atoms with Crippen LogP contribution >= 0.6 is 0 Å². The van der Waals surface area contributed by atoms with Crippen LogP contribution in [0.1, 0.15) is 33.1 Å². The van der Waals surface area contributed by atoms with Crippen LogP contribution < -0.4 is 5.73 Å². The third kappa shape index (κ3) is 4.55. The average Bonchev–Trinajstić information content (AvgIpc) is 2.70. The lowest BCUT2D eigenvalue weighted by Gasteiger charge is -2.20. The SMILES string of the molecule is COC(=O)C1(N)CCC(OCCOCC(C)C)C1. The number of methoxy groups -OCH3 is 1. The minimum atomic E-state index is -0.863.